The lowest BCUT2D eigenvalue weighted by Crippen LogP contribution is -2.47. The molecule has 0 aliphatic carbocycles. The Morgan fingerprint density at radius 3 is 2.20 bits per heavy atom. The maximum absolute atomic E-state index is 12.1. The third-order valence-corrected chi connectivity index (χ3v) is 3.62. The summed E-state index contributed by atoms with van der Waals surface area (Å²) >= 11 is 0. The summed E-state index contributed by atoms with van der Waals surface area (Å²) in [6.07, 6.45) is 4.72. The number of nitrogens with zero attached hydrogens (tertiary/aromatic N) is 1. The fraction of sp³-hybridized carbons (Fsp3) is 0.625. The second-order valence-electron chi connectivity index (χ2n) is 6.31. The van der Waals surface area contributed by atoms with Gasteiger partial charge in [0.15, 0.2) is 5.78 Å². The number of ether oxygens (including phenoxy) is 1. The first kappa shape index (κ1) is 16.5. The highest BCUT2D eigenvalue weighted by Crippen LogP contribution is 2.37. The number of likely N-dealkylation sites (tertiary alicyclic amines) is 1. The van der Waals surface area contributed by atoms with Gasteiger partial charge in [0.2, 0.25) is 0 Å². The highest BCUT2D eigenvalue weighted by Gasteiger charge is 2.40. The molecule has 1 rings (SSSR count). The zero-order chi connectivity index (χ0) is 15.4. The highest BCUT2D eigenvalue weighted by atomic mass is 16.6. The quantitative estimate of drug-likeness (QED) is 0.585. The van der Waals surface area contributed by atoms with E-state index in [9.17, 15) is 9.59 Å². The largest absolute Gasteiger partial charge is 0.444 e. The molecule has 0 aromatic carbocycles. The van der Waals surface area contributed by atoms with Gasteiger partial charge in [-0.3, -0.25) is 4.79 Å². The summed E-state index contributed by atoms with van der Waals surface area (Å²) in [7, 11) is 0. The summed E-state index contributed by atoms with van der Waals surface area (Å²) in [6.45, 7) is 13.9. The van der Waals surface area contributed by atoms with Crippen molar-refractivity contribution in [2.75, 3.05) is 13.1 Å². The molecule has 0 bridgehead atoms. The molecule has 0 atom stereocenters. The van der Waals surface area contributed by atoms with Crippen molar-refractivity contribution in [1.82, 2.24) is 4.90 Å². The fourth-order valence-corrected chi connectivity index (χ4v) is 2.49. The second-order valence-corrected chi connectivity index (χ2v) is 6.31. The normalized spacial score (nSPS) is 18.2. The summed E-state index contributed by atoms with van der Waals surface area (Å²) in [4.78, 5) is 25.8. The Labute approximate surface area is 121 Å². The van der Waals surface area contributed by atoms with Crippen molar-refractivity contribution in [2.45, 2.75) is 45.6 Å². The first-order chi connectivity index (χ1) is 9.24. The van der Waals surface area contributed by atoms with Gasteiger partial charge in [-0.1, -0.05) is 12.7 Å². The summed E-state index contributed by atoms with van der Waals surface area (Å²) in [5.74, 6) is 0.0428. The van der Waals surface area contributed by atoms with E-state index in [1.165, 1.54) is 6.08 Å². The van der Waals surface area contributed by atoms with Gasteiger partial charge in [0.05, 0.1) is 0 Å². The van der Waals surface area contributed by atoms with Crippen LogP contribution in [0.3, 0.4) is 0 Å². The van der Waals surface area contributed by atoms with E-state index in [4.69, 9.17) is 4.74 Å². The molecule has 0 saturated carbocycles. The van der Waals surface area contributed by atoms with Gasteiger partial charge in [-0.15, -0.1) is 6.58 Å². The molecule has 20 heavy (non-hydrogen) atoms. The van der Waals surface area contributed by atoms with Crippen LogP contribution >= 0.6 is 0 Å². The van der Waals surface area contributed by atoms with Crippen molar-refractivity contribution in [3.05, 3.63) is 25.3 Å². The van der Waals surface area contributed by atoms with Crippen LogP contribution in [0.25, 0.3) is 0 Å². The molecular weight excluding hydrogens is 254 g/mol. The van der Waals surface area contributed by atoms with E-state index >= 15 is 0 Å². The number of ketones is 1. The maximum atomic E-state index is 12.1. The molecule has 0 radical (unpaired) electrons. The zero-order valence-electron chi connectivity index (χ0n) is 12.8. The van der Waals surface area contributed by atoms with Gasteiger partial charge in [-0.2, -0.15) is 0 Å². The van der Waals surface area contributed by atoms with Crippen LogP contribution in [0.4, 0.5) is 4.79 Å². The average molecular weight is 279 g/mol. The van der Waals surface area contributed by atoms with Crippen molar-refractivity contribution >= 4 is 11.9 Å². The number of carbonyl (C=O) groups is 2. The SMILES string of the molecule is C=CCC1(C(=O)C=C)CCN(C(=O)OC(C)(C)C)CC1. The number of hydrogen-bond donors (Lipinski definition) is 0. The van der Waals surface area contributed by atoms with Gasteiger partial charge in [0, 0.05) is 18.5 Å². The fourth-order valence-electron chi connectivity index (χ4n) is 2.49. The Bertz CT molecular complexity index is 398. The Morgan fingerprint density at radius 2 is 1.80 bits per heavy atom. The first-order valence-corrected chi connectivity index (χ1v) is 7.00. The molecule has 1 saturated heterocycles. The Hall–Kier alpha value is -1.58. The minimum atomic E-state index is -0.496. The molecule has 1 aliphatic rings. The number of amides is 1. The average Bonchev–Trinajstić information content (AvgIpc) is 2.36. The van der Waals surface area contributed by atoms with E-state index in [-0.39, 0.29) is 11.9 Å². The Morgan fingerprint density at radius 1 is 1.25 bits per heavy atom. The van der Waals surface area contributed by atoms with E-state index < -0.39 is 11.0 Å². The molecule has 0 spiro atoms. The molecule has 0 aromatic rings. The van der Waals surface area contributed by atoms with Crippen LogP contribution in [-0.2, 0) is 9.53 Å². The first-order valence-electron chi connectivity index (χ1n) is 7.00. The van der Waals surface area contributed by atoms with Crippen molar-refractivity contribution < 1.29 is 14.3 Å². The molecule has 0 N–H and O–H groups in total. The van der Waals surface area contributed by atoms with Crippen molar-refractivity contribution in [3.8, 4) is 0 Å². The van der Waals surface area contributed by atoms with Crippen LogP contribution in [0.1, 0.15) is 40.0 Å². The molecule has 4 heteroatoms. The van der Waals surface area contributed by atoms with Gasteiger partial charge in [-0.05, 0) is 46.1 Å². The molecular formula is C16H25NO3. The van der Waals surface area contributed by atoms with Crippen LogP contribution in [0.2, 0.25) is 0 Å². The predicted octanol–water partition coefficient (Wildman–Crippen LogP) is 3.33. The molecule has 1 fully saturated rings. The number of carbonyl (C=O) groups excluding carboxylic acids is 2. The number of allylic oxidation sites excluding steroid dienone is 2. The predicted molar refractivity (Wildman–Crippen MR) is 79.5 cm³/mol. The summed E-state index contributed by atoms with van der Waals surface area (Å²) < 4.78 is 5.35. The van der Waals surface area contributed by atoms with Crippen LogP contribution in [0, 0.1) is 5.41 Å². The summed E-state index contributed by atoms with van der Waals surface area (Å²) in [5, 5.41) is 0. The van der Waals surface area contributed by atoms with E-state index in [1.54, 1.807) is 11.0 Å². The number of hydrogen-bond acceptors (Lipinski definition) is 3. The molecule has 1 amide bonds. The molecule has 112 valence electrons. The monoisotopic (exact) mass is 279 g/mol. The topological polar surface area (TPSA) is 46.6 Å². The van der Waals surface area contributed by atoms with E-state index in [2.05, 4.69) is 13.2 Å². The van der Waals surface area contributed by atoms with E-state index in [1.807, 2.05) is 20.8 Å². The van der Waals surface area contributed by atoms with Gasteiger partial charge in [0.1, 0.15) is 5.60 Å². The lowest BCUT2D eigenvalue weighted by Gasteiger charge is -2.40. The van der Waals surface area contributed by atoms with Crippen LogP contribution in [-0.4, -0.2) is 35.5 Å². The van der Waals surface area contributed by atoms with Crippen molar-refractivity contribution in [2.24, 2.45) is 5.41 Å². The molecule has 0 aromatic heterocycles. The lowest BCUT2D eigenvalue weighted by molar-refractivity contribution is -0.126. The minimum absolute atomic E-state index is 0.0428. The lowest BCUT2D eigenvalue weighted by atomic mass is 9.72. The third kappa shape index (κ3) is 3.95. The Balaban J connectivity index is 2.69. The number of rotatable bonds is 4. The molecule has 1 aliphatic heterocycles. The Kier molecular flexibility index (Phi) is 5.15. The summed E-state index contributed by atoms with van der Waals surface area (Å²) in [6, 6.07) is 0. The van der Waals surface area contributed by atoms with Crippen LogP contribution < -0.4 is 0 Å². The smallest absolute Gasteiger partial charge is 0.410 e. The van der Waals surface area contributed by atoms with Crippen molar-refractivity contribution in [3.63, 3.8) is 0 Å². The zero-order valence-corrected chi connectivity index (χ0v) is 12.8. The second kappa shape index (κ2) is 6.25. The number of piperidine rings is 1. The maximum Gasteiger partial charge on any atom is 0.410 e. The van der Waals surface area contributed by atoms with Crippen LogP contribution in [0.15, 0.2) is 25.3 Å². The van der Waals surface area contributed by atoms with Crippen LogP contribution in [0.5, 0.6) is 0 Å². The van der Waals surface area contributed by atoms with Gasteiger partial charge in [0.25, 0.3) is 0 Å². The van der Waals surface area contributed by atoms with E-state index in [0.717, 1.165) is 0 Å². The third-order valence-electron chi connectivity index (χ3n) is 3.62. The van der Waals surface area contributed by atoms with Crippen molar-refractivity contribution in [1.29, 1.82) is 0 Å². The van der Waals surface area contributed by atoms with E-state index in [0.29, 0.717) is 32.4 Å². The van der Waals surface area contributed by atoms with Gasteiger partial charge >= 0.3 is 6.09 Å². The molecule has 4 nitrogen and oxygen atoms in total. The molecule has 0 unspecified atom stereocenters. The van der Waals surface area contributed by atoms with Gasteiger partial charge in [-0.25, -0.2) is 4.79 Å². The molecule has 1 heterocycles. The summed E-state index contributed by atoms with van der Waals surface area (Å²) in [5.41, 5.74) is -0.939. The minimum Gasteiger partial charge on any atom is -0.444 e. The standard InChI is InChI=1S/C16H25NO3/c1-6-8-16(13(18)7-2)9-11-17(12-10-16)14(19)20-15(3,4)5/h6-7H,1-2,8-12H2,3-5H3. The highest BCUT2D eigenvalue weighted by molar-refractivity contribution is 5.94. The van der Waals surface area contributed by atoms with Gasteiger partial charge < -0.3 is 9.64 Å².